The van der Waals surface area contributed by atoms with E-state index in [0.29, 0.717) is 23.6 Å². The van der Waals surface area contributed by atoms with E-state index in [0.717, 1.165) is 27.5 Å². The highest BCUT2D eigenvalue weighted by molar-refractivity contribution is 7.86. The van der Waals surface area contributed by atoms with E-state index in [9.17, 15) is 13.0 Å². The van der Waals surface area contributed by atoms with Crippen molar-refractivity contribution in [2.24, 2.45) is 0 Å². The Morgan fingerprint density at radius 2 is 1.63 bits per heavy atom. The lowest BCUT2D eigenvalue weighted by molar-refractivity contribution is -0.683. The summed E-state index contributed by atoms with van der Waals surface area (Å²) in [5.74, 6) is 0.657. The molecule has 0 aliphatic carbocycles. The Morgan fingerprint density at radius 1 is 0.900 bits per heavy atom. The maximum Gasteiger partial charge on any atom is 0.344 e. The topological polar surface area (TPSA) is 84.5 Å². The third kappa shape index (κ3) is 3.16. The van der Waals surface area contributed by atoms with Crippen LogP contribution in [-0.4, -0.2) is 13.0 Å². The van der Waals surface area contributed by atoms with Crippen molar-refractivity contribution in [3.8, 4) is 0 Å². The van der Waals surface area contributed by atoms with Gasteiger partial charge in [0.1, 0.15) is 16.4 Å². The van der Waals surface area contributed by atoms with Crippen molar-refractivity contribution in [1.29, 1.82) is 0 Å². The van der Waals surface area contributed by atoms with Crippen molar-refractivity contribution in [2.75, 3.05) is 0 Å². The van der Waals surface area contributed by atoms with E-state index >= 15 is 0 Å². The normalized spacial score (nSPS) is 13.4. The smallest absolute Gasteiger partial charge is 0.344 e. The first kappa shape index (κ1) is 18.8. The number of furan rings is 1. The van der Waals surface area contributed by atoms with Crippen LogP contribution in [0.15, 0.2) is 75.6 Å². The molecule has 152 valence electrons. The largest absolute Gasteiger partial charge is 0.456 e. The molecule has 1 N–H and O–H groups in total. The van der Waals surface area contributed by atoms with E-state index in [1.165, 1.54) is 0 Å². The van der Waals surface area contributed by atoms with E-state index in [1.807, 2.05) is 54.0 Å². The average Bonchev–Trinajstić information content (AvgIpc) is 3.22. The number of aromatic nitrogens is 1. The quantitative estimate of drug-likeness (QED) is 0.320. The van der Waals surface area contributed by atoms with Gasteiger partial charge >= 0.3 is 5.89 Å². The second-order valence-corrected chi connectivity index (χ2v) is 8.99. The molecule has 0 fully saturated rings. The molecule has 6 nitrogen and oxygen atoms in total. The molecule has 0 amide bonds. The number of nitrogens with zero attached hydrogens (tertiary/aromatic N) is 1. The molecule has 2 aromatic heterocycles. The van der Waals surface area contributed by atoms with Crippen LogP contribution in [0.1, 0.15) is 23.1 Å². The van der Waals surface area contributed by atoms with E-state index in [2.05, 4.69) is 0 Å². The summed E-state index contributed by atoms with van der Waals surface area (Å²) < 4.78 is 47.7. The first-order valence-electron chi connectivity index (χ1n) is 9.67. The summed E-state index contributed by atoms with van der Waals surface area (Å²) in [6.45, 7) is 2.20. The number of fused-ring (bicyclic) bond motifs is 4. The van der Waals surface area contributed by atoms with Crippen LogP contribution in [0.5, 0.6) is 0 Å². The molecular formula is C23H20NO5S+. The van der Waals surface area contributed by atoms with Gasteiger partial charge in [-0.25, -0.2) is 0 Å². The van der Waals surface area contributed by atoms with E-state index in [-0.39, 0.29) is 6.42 Å². The summed E-state index contributed by atoms with van der Waals surface area (Å²) in [5, 5.41) is 0.982. The van der Waals surface area contributed by atoms with E-state index in [1.54, 1.807) is 24.3 Å². The van der Waals surface area contributed by atoms with Gasteiger partial charge in [0.25, 0.3) is 15.6 Å². The molecular weight excluding hydrogens is 402 g/mol. The van der Waals surface area contributed by atoms with Crippen LogP contribution in [0.3, 0.4) is 0 Å². The molecule has 1 unspecified atom stereocenters. The number of benzene rings is 3. The minimum Gasteiger partial charge on any atom is -0.456 e. The summed E-state index contributed by atoms with van der Waals surface area (Å²) >= 11 is 0. The van der Waals surface area contributed by atoms with Crippen molar-refractivity contribution < 1.29 is 26.4 Å². The Hall–Kier alpha value is -3.16. The van der Waals surface area contributed by atoms with Gasteiger partial charge in [-0.1, -0.05) is 48.5 Å². The molecule has 0 aliphatic heterocycles. The molecule has 2 heterocycles. The Morgan fingerprint density at radius 3 is 2.40 bits per heavy atom. The van der Waals surface area contributed by atoms with Crippen molar-refractivity contribution in [1.82, 2.24) is 0 Å². The fourth-order valence-corrected chi connectivity index (χ4v) is 5.00. The molecule has 0 saturated heterocycles. The zero-order chi connectivity index (χ0) is 20.9. The maximum atomic E-state index is 12.0. The first-order chi connectivity index (χ1) is 14.4. The van der Waals surface area contributed by atoms with Gasteiger partial charge in [-0.05, 0) is 17.7 Å². The molecule has 1 atom stereocenters. The maximum absolute atomic E-state index is 12.0. The Balaban J connectivity index is 1.56. The molecule has 3 aromatic carbocycles. The molecule has 0 bridgehead atoms. The molecule has 0 saturated carbocycles. The number of hydrogen-bond acceptors (Lipinski definition) is 4. The molecule has 0 spiro atoms. The second-order valence-electron chi connectivity index (χ2n) is 7.39. The first-order valence-corrected chi connectivity index (χ1v) is 11.2. The molecule has 5 rings (SSSR count). The highest BCUT2D eigenvalue weighted by Crippen LogP contribution is 2.32. The summed E-state index contributed by atoms with van der Waals surface area (Å²) in [7, 11) is -4.25. The van der Waals surface area contributed by atoms with Crippen molar-refractivity contribution in [2.45, 2.75) is 25.1 Å². The van der Waals surface area contributed by atoms with Gasteiger partial charge in [0.2, 0.25) is 5.58 Å². The van der Waals surface area contributed by atoms with Gasteiger partial charge in [-0.3, -0.25) is 4.55 Å². The van der Waals surface area contributed by atoms with Gasteiger partial charge in [-0.15, -0.1) is 0 Å². The zero-order valence-corrected chi connectivity index (χ0v) is 17.1. The van der Waals surface area contributed by atoms with Crippen LogP contribution in [-0.2, 0) is 16.7 Å². The minimum absolute atomic E-state index is 0.209. The fourth-order valence-electron chi connectivity index (χ4n) is 4.10. The minimum atomic E-state index is -4.25. The average molecular weight is 422 g/mol. The van der Waals surface area contributed by atoms with Crippen molar-refractivity contribution in [3.63, 3.8) is 0 Å². The Bertz CT molecular complexity index is 1480. The van der Waals surface area contributed by atoms with E-state index < -0.39 is 15.4 Å². The third-order valence-electron chi connectivity index (χ3n) is 5.53. The van der Waals surface area contributed by atoms with Crippen LogP contribution >= 0.6 is 0 Å². The van der Waals surface area contributed by atoms with Gasteiger partial charge < -0.3 is 8.83 Å². The number of para-hydroxylation sites is 1. The molecule has 5 aromatic rings. The summed E-state index contributed by atoms with van der Waals surface area (Å²) in [4.78, 5) is 0. The third-order valence-corrected chi connectivity index (χ3v) is 6.76. The summed E-state index contributed by atoms with van der Waals surface area (Å²) in [6.07, 6.45) is 0.209. The lowest BCUT2D eigenvalue weighted by atomic mass is 10.1. The van der Waals surface area contributed by atoms with Gasteiger partial charge in [-0.2, -0.15) is 13.0 Å². The SMILES string of the molecule is Cc1oc2cc3c(cc2[n+]1CCC(c1ccccc1)S(=O)(=O)O)oc1ccccc13. The van der Waals surface area contributed by atoms with E-state index in [4.69, 9.17) is 8.83 Å². The predicted octanol–water partition coefficient (Wildman–Crippen LogP) is 4.95. The highest BCUT2D eigenvalue weighted by atomic mass is 32.2. The van der Waals surface area contributed by atoms with Crippen LogP contribution in [0.4, 0.5) is 0 Å². The van der Waals surface area contributed by atoms with Crippen LogP contribution in [0, 0.1) is 6.92 Å². The highest BCUT2D eigenvalue weighted by Gasteiger charge is 2.29. The fraction of sp³-hybridized carbons (Fsp3) is 0.174. The number of hydrogen-bond donors (Lipinski definition) is 1. The molecule has 30 heavy (non-hydrogen) atoms. The second kappa shape index (κ2) is 6.97. The summed E-state index contributed by atoms with van der Waals surface area (Å²) in [5.41, 5.74) is 3.63. The van der Waals surface area contributed by atoms with Crippen LogP contribution < -0.4 is 4.57 Å². The van der Waals surface area contributed by atoms with Crippen molar-refractivity contribution >= 4 is 43.2 Å². The lowest BCUT2D eigenvalue weighted by Gasteiger charge is -2.12. The lowest BCUT2D eigenvalue weighted by Crippen LogP contribution is -2.36. The van der Waals surface area contributed by atoms with Gasteiger partial charge in [0.05, 0.1) is 13.0 Å². The standard InChI is InChI=1S/C23H19NO5S/c1-15-24(12-11-23(30(25,26)27)16-7-3-2-4-8-16)19-14-21-18(13-22(19)28-15)17-9-5-6-10-20(17)29-21/h2-10,13-14,23H,11-12H2,1H3/p+1. The number of oxazole rings is 1. The molecule has 0 radical (unpaired) electrons. The van der Waals surface area contributed by atoms with Crippen LogP contribution in [0.2, 0.25) is 0 Å². The number of aryl methyl sites for hydroxylation is 2. The Kier molecular flexibility index (Phi) is 4.38. The molecule has 7 heteroatoms. The zero-order valence-electron chi connectivity index (χ0n) is 16.3. The van der Waals surface area contributed by atoms with Gasteiger partial charge in [0, 0.05) is 17.2 Å². The summed E-state index contributed by atoms with van der Waals surface area (Å²) in [6, 6.07) is 20.5. The van der Waals surface area contributed by atoms with Crippen molar-refractivity contribution in [3.05, 3.63) is 78.2 Å². The van der Waals surface area contributed by atoms with Gasteiger partial charge in [0.15, 0.2) is 6.54 Å². The number of rotatable bonds is 5. The molecule has 0 aliphatic rings. The monoisotopic (exact) mass is 422 g/mol. The Labute approximate surface area is 173 Å². The predicted molar refractivity (Wildman–Crippen MR) is 114 cm³/mol. The van der Waals surface area contributed by atoms with Crippen LogP contribution in [0.25, 0.3) is 33.0 Å².